The molecule has 0 bridgehead atoms. The molecule has 1 aromatic carbocycles. The van der Waals surface area contributed by atoms with E-state index in [4.69, 9.17) is 14.6 Å². The summed E-state index contributed by atoms with van der Waals surface area (Å²) in [7, 11) is 0. The van der Waals surface area contributed by atoms with Crippen molar-refractivity contribution in [1.29, 1.82) is 0 Å². The van der Waals surface area contributed by atoms with Crippen molar-refractivity contribution in [3.8, 4) is 5.75 Å². The lowest BCUT2D eigenvalue weighted by Gasteiger charge is -2.39. The predicted octanol–water partition coefficient (Wildman–Crippen LogP) is -1.23. The van der Waals surface area contributed by atoms with E-state index in [1.54, 1.807) is 0 Å². The van der Waals surface area contributed by atoms with E-state index in [9.17, 15) is 25.4 Å². The number of aliphatic hydroxyl groups is 4. The van der Waals surface area contributed by atoms with Crippen molar-refractivity contribution in [2.24, 2.45) is 0 Å². The van der Waals surface area contributed by atoms with E-state index in [1.807, 2.05) is 0 Å². The number of nitro groups is 1. The van der Waals surface area contributed by atoms with E-state index < -0.39 is 42.2 Å². The topological polar surface area (TPSA) is 143 Å². The Morgan fingerprint density at radius 1 is 1.14 bits per heavy atom. The first-order chi connectivity index (χ1) is 9.93. The monoisotopic (exact) mass is 301 g/mol. The van der Waals surface area contributed by atoms with Gasteiger partial charge in [-0.2, -0.15) is 0 Å². The highest BCUT2D eigenvalue weighted by Gasteiger charge is 2.44. The van der Waals surface area contributed by atoms with Gasteiger partial charge in [-0.15, -0.1) is 0 Å². The summed E-state index contributed by atoms with van der Waals surface area (Å²) >= 11 is 0. The summed E-state index contributed by atoms with van der Waals surface area (Å²) in [5.41, 5.74) is -0.129. The van der Waals surface area contributed by atoms with Gasteiger partial charge >= 0.3 is 0 Å². The fourth-order valence-corrected chi connectivity index (χ4v) is 1.95. The molecule has 0 saturated carbocycles. The van der Waals surface area contributed by atoms with Crippen molar-refractivity contribution in [2.75, 3.05) is 6.61 Å². The van der Waals surface area contributed by atoms with Crippen LogP contribution >= 0.6 is 0 Å². The van der Waals surface area contributed by atoms with Crippen LogP contribution in [0.15, 0.2) is 24.3 Å². The summed E-state index contributed by atoms with van der Waals surface area (Å²) < 4.78 is 10.4. The zero-order valence-electron chi connectivity index (χ0n) is 10.8. The first-order valence-corrected chi connectivity index (χ1v) is 6.15. The lowest BCUT2D eigenvalue weighted by molar-refractivity contribution is -0.384. The maximum Gasteiger partial charge on any atom is 0.269 e. The van der Waals surface area contributed by atoms with Crippen LogP contribution in [0.25, 0.3) is 0 Å². The molecule has 0 aliphatic carbocycles. The van der Waals surface area contributed by atoms with Crippen molar-refractivity contribution in [2.45, 2.75) is 30.7 Å². The van der Waals surface area contributed by atoms with Gasteiger partial charge in [0.2, 0.25) is 6.29 Å². The van der Waals surface area contributed by atoms with Crippen molar-refractivity contribution in [1.82, 2.24) is 0 Å². The van der Waals surface area contributed by atoms with E-state index >= 15 is 0 Å². The van der Waals surface area contributed by atoms with E-state index in [1.165, 1.54) is 24.3 Å². The number of rotatable bonds is 4. The second kappa shape index (κ2) is 6.33. The van der Waals surface area contributed by atoms with Gasteiger partial charge in [-0.05, 0) is 12.1 Å². The summed E-state index contributed by atoms with van der Waals surface area (Å²) in [6, 6.07) is 5.03. The molecule has 1 aliphatic heterocycles. The Morgan fingerprint density at radius 2 is 1.76 bits per heavy atom. The molecule has 0 spiro atoms. The van der Waals surface area contributed by atoms with Gasteiger partial charge < -0.3 is 29.9 Å². The standard InChI is InChI=1S/C12H15NO8/c14-5-8-9(15)10(16)11(17)12(21-8)20-7-3-1-6(2-4-7)13(18)19/h1-4,8-12,14-17H,5H2/t8?,9-,10+,11?,12+/m0/s1. The first-order valence-electron chi connectivity index (χ1n) is 6.15. The lowest BCUT2D eigenvalue weighted by Crippen LogP contribution is -2.60. The number of nitrogens with zero attached hydrogens (tertiary/aromatic N) is 1. The zero-order chi connectivity index (χ0) is 15.6. The van der Waals surface area contributed by atoms with Crippen LogP contribution in [0, 0.1) is 10.1 Å². The Bertz CT molecular complexity index is 491. The van der Waals surface area contributed by atoms with Gasteiger partial charge in [0, 0.05) is 12.1 Å². The molecule has 2 rings (SSSR count). The molecule has 9 nitrogen and oxygen atoms in total. The Morgan fingerprint density at radius 3 is 2.29 bits per heavy atom. The number of benzene rings is 1. The Balaban J connectivity index is 2.08. The van der Waals surface area contributed by atoms with Gasteiger partial charge in [-0.3, -0.25) is 10.1 Å². The molecule has 4 N–H and O–H groups in total. The Hall–Kier alpha value is -1.78. The smallest absolute Gasteiger partial charge is 0.269 e. The quantitative estimate of drug-likeness (QED) is 0.400. The van der Waals surface area contributed by atoms with Crippen molar-refractivity contribution >= 4 is 5.69 Å². The van der Waals surface area contributed by atoms with Gasteiger partial charge in [-0.1, -0.05) is 0 Å². The molecular weight excluding hydrogens is 286 g/mol. The van der Waals surface area contributed by atoms with Crippen LogP contribution in [-0.2, 0) is 4.74 Å². The molecule has 21 heavy (non-hydrogen) atoms. The molecule has 9 heteroatoms. The fourth-order valence-electron chi connectivity index (χ4n) is 1.95. The molecule has 1 heterocycles. The van der Waals surface area contributed by atoms with E-state index in [0.717, 1.165) is 0 Å². The third-order valence-electron chi connectivity index (χ3n) is 3.15. The first kappa shape index (κ1) is 15.6. The van der Waals surface area contributed by atoms with Crippen LogP contribution in [0.4, 0.5) is 5.69 Å². The SMILES string of the molecule is O=[N+]([O-])c1ccc(O[C@@H]2OC(CO)[C@H](O)[C@@H](O)C2O)cc1. The molecular formula is C12H15NO8. The minimum absolute atomic E-state index is 0.129. The average molecular weight is 301 g/mol. The number of ether oxygens (including phenoxy) is 2. The van der Waals surface area contributed by atoms with Gasteiger partial charge in [0.1, 0.15) is 30.2 Å². The molecule has 1 aromatic rings. The molecule has 1 aliphatic rings. The molecule has 1 fully saturated rings. The Kier molecular flexibility index (Phi) is 4.70. The minimum Gasteiger partial charge on any atom is -0.462 e. The zero-order valence-corrected chi connectivity index (χ0v) is 10.8. The van der Waals surface area contributed by atoms with E-state index in [2.05, 4.69) is 0 Å². The lowest BCUT2D eigenvalue weighted by atomic mass is 9.99. The van der Waals surface area contributed by atoms with Crippen LogP contribution in [0.5, 0.6) is 5.75 Å². The molecule has 116 valence electrons. The maximum atomic E-state index is 10.5. The highest BCUT2D eigenvalue weighted by Crippen LogP contribution is 2.25. The Labute approximate surface area is 119 Å². The number of hydrogen-bond acceptors (Lipinski definition) is 8. The van der Waals surface area contributed by atoms with Crippen molar-refractivity contribution in [3.63, 3.8) is 0 Å². The average Bonchev–Trinajstić information content (AvgIpc) is 2.48. The van der Waals surface area contributed by atoms with Gasteiger partial charge in [0.05, 0.1) is 11.5 Å². The van der Waals surface area contributed by atoms with Crippen LogP contribution in [0.1, 0.15) is 0 Å². The highest BCUT2D eigenvalue weighted by atomic mass is 16.7. The molecule has 5 atom stereocenters. The van der Waals surface area contributed by atoms with Gasteiger partial charge in [0.25, 0.3) is 5.69 Å². The third-order valence-corrected chi connectivity index (χ3v) is 3.15. The predicted molar refractivity (Wildman–Crippen MR) is 67.5 cm³/mol. The number of nitro benzene ring substituents is 1. The molecule has 0 radical (unpaired) electrons. The summed E-state index contributed by atoms with van der Waals surface area (Å²) in [6.07, 6.45) is -6.94. The molecule has 2 unspecified atom stereocenters. The summed E-state index contributed by atoms with van der Waals surface area (Å²) in [4.78, 5) is 9.95. The van der Waals surface area contributed by atoms with Crippen LogP contribution in [0.3, 0.4) is 0 Å². The molecule has 1 saturated heterocycles. The van der Waals surface area contributed by atoms with E-state index in [-0.39, 0.29) is 11.4 Å². The molecule has 0 aromatic heterocycles. The maximum absolute atomic E-state index is 10.5. The summed E-state index contributed by atoms with van der Waals surface area (Å²) in [5.74, 6) is 0.171. The number of hydrogen-bond donors (Lipinski definition) is 4. The minimum atomic E-state index is -1.54. The van der Waals surface area contributed by atoms with Gasteiger partial charge in [0.15, 0.2) is 0 Å². The third kappa shape index (κ3) is 3.28. The second-order valence-electron chi connectivity index (χ2n) is 4.57. The highest BCUT2D eigenvalue weighted by molar-refractivity contribution is 5.36. The van der Waals surface area contributed by atoms with Crippen molar-refractivity contribution < 1.29 is 34.8 Å². The number of non-ortho nitro benzene ring substituents is 1. The van der Waals surface area contributed by atoms with Crippen LogP contribution in [-0.4, -0.2) is 62.7 Å². The molecule has 0 amide bonds. The summed E-state index contributed by atoms with van der Waals surface area (Å²) in [5, 5.41) is 48.6. The summed E-state index contributed by atoms with van der Waals surface area (Å²) in [6.45, 7) is -0.564. The van der Waals surface area contributed by atoms with Crippen LogP contribution in [0.2, 0.25) is 0 Å². The second-order valence-corrected chi connectivity index (χ2v) is 4.57. The van der Waals surface area contributed by atoms with Gasteiger partial charge in [-0.25, -0.2) is 0 Å². The van der Waals surface area contributed by atoms with Crippen LogP contribution < -0.4 is 4.74 Å². The normalized spacial score (nSPS) is 32.7. The fraction of sp³-hybridized carbons (Fsp3) is 0.500. The van der Waals surface area contributed by atoms with E-state index in [0.29, 0.717) is 0 Å². The number of aliphatic hydroxyl groups excluding tert-OH is 4. The van der Waals surface area contributed by atoms with Crippen molar-refractivity contribution in [3.05, 3.63) is 34.4 Å². The largest absolute Gasteiger partial charge is 0.462 e.